The Balaban J connectivity index is 2.13. The Bertz CT molecular complexity index is 635. The second kappa shape index (κ2) is 6.39. The van der Waals surface area contributed by atoms with Gasteiger partial charge in [-0.2, -0.15) is 0 Å². The topological polar surface area (TPSA) is 46.5 Å². The molecule has 2 aromatic carbocycles. The number of ether oxygens (including phenoxy) is 1. The molecule has 110 valence electrons. The van der Waals surface area contributed by atoms with Crippen LogP contribution in [0.3, 0.4) is 0 Å². The number of rotatable bonds is 5. The maximum Gasteiger partial charge on any atom is 0.345 e. The van der Waals surface area contributed by atoms with E-state index in [9.17, 15) is 14.3 Å². The molecule has 0 fully saturated rings. The van der Waals surface area contributed by atoms with Gasteiger partial charge < -0.3 is 9.84 Å². The molecule has 0 aliphatic rings. The minimum atomic E-state index is -1.04. The van der Waals surface area contributed by atoms with Crippen molar-refractivity contribution in [2.24, 2.45) is 0 Å². The SMILES string of the molecule is Cc1ccc(OC(Cc2ccc(F)cc2)C(=O)O)cc1C. The minimum absolute atomic E-state index is 0.183. The number of carbonyl (C=O) groups is 1. The van der Waals surface area contributed by atoms with Gasteiger partial charge in [-0.15, -0.1) is 0 Å². The van der Waals surface area contributed by atoms with Crippen molar-refractivity contribution in [3.8, 4) is 5.75 Å². The lowest BCUT2D eigenvalue weighted by Gasteiger charge is -2.16. The highest BCUT2D eigenvalue weighted by molar-refractivity contribution is 5.73. The number of carboxylic acid groups (broad SMARTS) is 1. The maximum absolute atomic E-state index is 12.9. The normalized spacial score (nSPS) is 12.0. The van der Waals surface area contributed by atoms with Gasteiger partial charge in [-0.05, 0) is 54.8 Å². The number of carboxylic acids is 1. The van der Waals surface area contributed by atoms with E-state index in [4.69, 9.17) is 4.74 Å². The van der Waals surface area contributed by atoms with Crippen LogP contribution in [-0.4, -0.2) is 17.2 Å². The smallest absolute Gasteiger partial charge is 0.345 e. The van der Waals surface area contributed by atoms with Crippen molar-refractivity contribution < 1.29 is 19.0 Å². The summed E-state index contributed by atoms with van der Waals surface area (Å²) >= 11 is 0. The van der Waals surface area contributed by atoms with E-state index in [0.717, 1.165) is 11.1 Å². The lowest BCUT2D eigenvalue weighted by molar-refractivity contribution is -0.145. The Hall–Kier alpha value is -2.36. The Labute approximate surface area is 123 Å². The lowest BCUT2D eigenvalue weighted by Crippen LogP contribution is -2.29. The second-order valence-electron chi connectivity index (χ2n) is 5.02. The first kappa shape index (κ1) is 15.0. The van der Waals surface area contributed by atoms with Crippen LogP contribution in [0.1, 0.15) is 16.7 Å². The maximum atomic E-state index is 12.9. The van der Waals surface area contributed by atoms with E-state index < -0.39 is 12.1 Å². The molecular formula is C17H17FO3. The molecule has 1 atom stereocenters. The fourth-order valence-corrected chi connectivity index (χ4v) is 1.97. The summed E-state index contributed by atoms with van der Waals surface area (Å²) in [5.74, 6) is -0.870. The first-order valence-electron chi connectivity index (χ1n) is 6.67. The summed E-state index contributed by atoms with van der Waals surface area (Å²) in [5.41, 5.74) is 2.87. The predicted molar refractivity (Wildman–Crippen MR) is 78.1 cm³/mol. The van der Waals surface area contributed by atoms with Crippen LogP contribution in [0.15, 0.2) is 42.5 Å². The van der Waals surface area contributed by atoms with Crippen molar-refractivity contribution in [3.63, 3.8) is 0 Å². The van der Waals surface area contributed by atoms with Gasteiger partial charge in [0.1, 0.15) is 11.6 Å². The first-order chi connectivity index (χ1) is 9.95. The quantitative estimate of drug-likeness (QED) is 0.915. The molecule has 3 nitrogen and oxygen atoms in total. The Morgan fingerprint density at radius 3 is 2.38 bits per heavy atom. The highest BCUT2D eigenvalue weighted by atomic mass is 19.1. The van der Waals surface area contributed by atoms with E-state index in [-0.39, 0.29) is 12.2 Å². The molecule has 0 heterocycles. The molecular weight excluding hydrogens is 271 g/mol. The van der Waals surface area contributed by atoms with Gasteiger partial charge in [0.15, 0.2) is 6.10 Å². The van der Waals surface area contributed by atoms with Crippen molar-refractivity contribution in [1.82, 2.24) is 0 Å². The third-order valence-corrected chi connectivity index (χ3v) is 3.37. The van der Waals surface area contributed by atoms with Crippen LogP contribution in [-0.2, 0) is 11.2 Å². The van der Waals surface area contributed by atoms with E-state index in [2.05, 4.69) is 0 Å². The highest BCUT2D eigenvalue weighted by Crippen LogP contribution is 2.19. The summed E-state index contributed by atoms with van der Waals surface area (Å²) in [6, 6.07) is 11.2. The number of aliphatic carboxylic acids is 1. The lowest BCUT2D eigenvalue weighted by atomic mass is 10.1. The minimum Gasteiger partial charge on any atom is -0.478 e. The Morgan fingerprint density at radius 1 is 1.14 bits per heavy atom. The van der Waals surface area contributed by atoms with Crippen LogP contribution in [0.5, 0.6) is 5.75 Å². The van der Waals surface area contributed by atoms with Crippen molar-refractivity contribution >= 4 is 5.97 Å². The molecule has 0 aliphatic carbocycles. The molecule has 1 unspecified atom stereocenters. The fraction of sp³-hybridized carbons (Fsp3) is 0.235. The molecule has 2 aromatic rings. The number of hydrogen-bond donors (Lipinski definition) is 1. The van der Waals surface area contributed by atoms with Gasteiger partial charge in [0.25, 0.3) is 0 Å². The standard InChI is InChI=1S/C17H17FO3/c1-11-3-8-15(9-12(11)2)21-16(17(19)20)10-13-4-6-14(18)7-5-13/h3-9,16H,10H2,1-2H3,(H,19,20). The first-order valence-corrected chi connectivity index (χ1v) is 6.67. The van der Waals surface area contributed by atoms with Crippen LogP contribution in [0.4, 0.5) is 4.39 Å². The van der Waals surface area contributed by atoms with E-state index in [1.54, 1.807) is 18.2 Å². The van der Waals surface area contributed by atoms with Crippen molar-refractivity contribution in [2.45, 2.75) is 26.4 Å². The Morgan fingerprint density at radius 2 is 1.81 bits per heavy atom. The molecule has 0 aromatic heterocycles. The molecule has 4 heteroatoms. The van der Waals surface area contributed by atoms with Gasteiger partial charge in [0, 0.05) is 6.42 Å². The summed E-state index contributed by atoms with van der Waals surface area (Å²) in [6.07, 6.45) is -0.819. The third kappa shape index (κ3) is 4.05. The van der Waals surface area contributed by atoms with Crippen LogP contribution in [0, 0.1) is 19.7 Å². The van der Waals surface area contributed by atoms with Crippen LogP contribution in [0.25, 0.3) is 0 Å². The summed E-state index contributed by atoms with van der Waals surface area (Å²) in [4.78, 5) is 11.3. The van der Waals surface area contributed by atoms with Crippen molar-refractivity contribution in [3.05, 3.63) is 65.0 Å². The molecule has 0 aliphatic heterocycles. The molecule has 0 bridgehead atoms. The zero-order chi connectivity index (χ0) is 15.4. The molecule has 0 amide bonds. The highest BCUT2D eigenvalue weighted by Gasteiger charge is 2.20. The Kier molecular flexibility index (Phi) is 4.58. The molecule has 1 N–H and O–H groups in total. The van der Waals surface area contributed by atoms with Crippen molar-refractivity contribution in [1.29, 1.82) is 0 Å². The zero-order valence-corrected chi connectivity index (χ0v) is 12.0. The van der Waals surface area contributed by atoms with Gasteiger partial charge in [-0.1, -0.05) is 18.2 Å². The predicted octanol–water partition coefficient (Wildman–Crippen LogP) is 3.52. The van der Waals surface area contributed by atoms with Crippen LogP contribution >= 0.6 is 0 Å². The third-order valence-electron chi connectivity index (χ3n) is 3.37. The number of benzene rings is 2. The molecule has 0 saturated heterocycles. The van der Waals surface area contributed by atoms with E-state index in [0.29, 0.717) is 11.3 Å². The van der Waals surface area contributed by atoms with E-state index in [1.165, 1.54) is 12.1 Å². The average molecular weight is 288 g/mol. The molecule has 0 spiro atoms. The van der Waals surface area contributed by atoms with Crippen LogP contribution in [0.2, 0.25) is 0 Å². The van der Waals surface area contributed by atoms with E-state index >= 15 is 0 Å². The molecule has 0 saturated carbocycles. The summed E-state index contributed by atoms with van der Waals surface area (Å²) < 4.78 is 18.4. The molecule has 2 rings (SSSR count). The van der Waals surface area contributed by atoms with E-state index in [1.807, 2.05) is 26.0 Å². The number of halogens is 1. The molecule has 21 heavy (non-hydrogen) atoms. The van der Waals surface area contributed by atoms with Crippen LogP contribution < -0.4 is 4.74 Å². The number of aryl methyl sites for hydroxylation is 2. The van der Waals surface area contributed by atoms with Gasteiger partial charge in [0.05, 0.1) is 0 Å². The largest absolute Gasteiger partial charge is 0.478 e. The second-order valence-corrected chi connectivity index (χ2v) is 5.02. The van der Waals surface area contributed by atoms with Gasteiger partial charge >= 0.3 is 5.97 Å². The average Bonchev–Trinajstić information content (AvgIpc) is 2.44. The summed E-state index contributed by atoms with van der Waals surface area (Å²) in [6.45, 7) is 3.92. The fourth-order valence-electron chi connectivity index (χ4n) is 1.97. The van der Waals surface area contributed by atoms with Crippen molar-refractivity contribution in [2.75, 3.05) is 0 Å². The summed E-state index contributed by atoms with van der Waals surface area (Å²) in [7, 11) is 0. The monoisotopic (exact) mass is 288 g/mol. The number of hydrogen-bond acceptors (Lipinski definition) is 2. The zero-order valence-electron chi connectivity index (χ0n) is 12.0. The molecule has 0 radical (unpaired) electrons. The van der Waals surface area contributed by atoms with Gasteiger partial charge in [0.2, 0.25) is 0 Å². The summed E-state index contributed by atoms with van der Waals surface area (Å²) in [5, 5.41) is 9.28. The van der Waals surface area contributed by atoms with Gasteiger partial charge in [-0.3, -0.25) is 0 Å². The van der Waals surface area contributed by atoms with Gasteiger partial charge in [-0.25, -0.2) is 9.18 Å².